The Labute approximate surface area is 78.3 Å². The molecule has 0 unspecified atom stereocenters. The Bertz CT molecular complexity index is 474. The minimum Gasteiger partial charge on any atom is -0.264 e. The monoisotopic (exact) mass is 193 g/mol. The number of hydrogen-bond donors (Lipinski definition) is 1. The molecule has 2 heterocycles. The highest BCUT2D eigenvalue weighted by atomic mass is 32.1. The zero-order valence-electron chi connectivity index (χ0n) is 6.94. The number of H-pyrrole nitrogens is 1. The molecule has 0 amide bonds. The van der Waals surface area contributed by atoms with Gasteiger partial charge in [-0.1, -0.05) is 11.3 Å². The van der Waals surface area contributed by atoms with Crippen molar-refractivity contribution in [2.24, 2.45) is 0 Å². The Morgan fingerprint density at radius 1 is 1.54 bits per heavy atom. The molecule has 13 heavy (non-hydrogen) atoms. The number of aromatic amines is 1. The maximum atomic E-state index is 10.9. The fraction of sp³-hybridized carbons (Fsp3) is 0.125. The summed E-state index contributed by atoms with van der Waals surface area (Å²) in [4.78, 5) is 14.7. The van der Waals surface area contributed by atoms with Crippen LogP contribution in [0.25, 0.3) is 10.6 Å². The van der Waals surface area contributed by atoms with E-state index in [1.54, 1.807) is 12.4 Å². The van der Waals surface area contributed by atoms with Crippen LogP contribution < -0.4 is 4.87 Å². The summed E-state index contributed by atoms with van der Waals surface area (Å²) in [6.07, 6.45) is 3.44. The second-order valence-corrected chi connectivity index (χ2v) is 3.57. The average molecular weight is 193 g/mol. The van der Waals surface area contributed by atoms with E-state index >= 15 is 0 Å². The van der Waals surface area contributed by atoms with Gasteiger partial charge in [-0.15, -0.1) is 0 Å². The molecule has 0 aromatic carbocycles. The van der Waals surface area contributed by atoms with E-state index in [4.69, 9.17) is 0 Å². The van der Waals surface area contributed by atoms with Gasteiger partial charge in [0.2, 0.25) is 0 Å². The van der Waals surface area contributed by atoms with Gasteiger partial charge >= 0.3 is 4.87 Å². The van der Waals surface area contributed by atoms with Crippen molar-refractivity contribution in [3.05, 3.63) is 33.7 Å². The standard InChI is InChI=1S/C8H7N3OS/c1-5-4-9-3-2-6(5)7-10-11-8(12)13-7/h2-4H,1H3,(H,11,12). The lowest BCUT2D eigenvalue weighted by Gasteiger charge is -1.97. The smallest absolute Gasteiger partial charge is 0.264 e. The third-order valence-electron chi connectivity index (χ3n) is 1.69. The van der Waals surface area contributed by atoms with E-state index in [0.717, 1.165) is 22.5 Å². The van der Waals surface area contributed by atoms with Gasteiger partial charge in [-0.3, -0.25) is 9.78 Å². The largest absolute Gasteiger partial charge is 0.322 e. The number of nitrogens with zero attached hydrogens (tertiary/aromatic N) is 2. The van der Waals surface area contributed by atoms with Crippen LogP contribution in [0.5, 0.6) is 0 Å². The summed E-state index contributed by atoms with van der Waals surface area (Å²) >= 11 is 1.10. The number of pyridine rings is 1. The summed E-state index contributed by atoms with van der Waals surface area (Å²) in [5, 5.41) is 7.00. The maximum Gasteiger partial charge on any atom is 0.322 e. The Morgan fingerprint density at radius 2 is 2.38 bits per heavy atom. The molecule has 0 spiro atoms. The first kappa shape index (κ1) is 8.12. The summed E-state index contributed by atoms with van der Waals surface area (Å²) in [7, 11) is 0. The van der Waals surface area contributed by atoms with Crippen LogP contribution in [0.2, 0.25) is 0 Å². The van der Waals surface area contributed by atoms with Crippen LogP contribution in [-0.2, 0) is 0 Å². The lowest BCUT2D eigenvalue weighted by Crippen LogP contribution is -1.90. The Hall–Kier alpha value is -1.49. The first-order chi connectivity index (χ1) is 6.27. The second-order valence-electron chi connectivity index (χ2n) is 2.61. The molecule has 0 fully saturated rings. The van der Waals surface area contributed by atoms with Gasteiger partial charge < -0.3 is 0 Å². The summed E-state index contributed by atoms with van der Waals surface area (Å²) < 4.78 is 0. The summed E-state index contributed by atoms with van der Waals surface area (Å²) in [5.41, 5.74) is 1.98. The number of aromatic nitrogens is 3. The predicted octanol–water partition coefficient (Wildman–Crippen LogP) is 1.20. The summed E-state index contributed by atoms with van der Waals surface area (Å²) in [5.74, 6) is 0. The molecule has 0 aliphatic heterocycles. The van der Waals surface area contributed by atoms with E-state index in [1.807, 2.05) is 13.0 Å². The molecule has 0 atom stereocenters. The Kier molecular flexibility index (Phi) is 1.94. The Balaban J connectivity index is 2.58. The third kappa shape index (κ3) is 1.50. The molecular weight excluding hydrogens is 186 g/mol. The molecule has 1 N–H and O–H groups in total. The van der Waals surface area contributed by atoms with Crippen molar-refractivity contribution < 1.29 is 0 Å². The lowest BCUT2D eigenvalue weighted by atomic mass is 10.2. The minimum absolute atomic E-state index is 0.133. The van der Waals surface area contributed by atoms with E-state index in [1.165, 1.54) is 0 Å². The van der Waals surface area contributed by atoms with Crippen LogP contribution >= 0.6 is 11.3 Å². The number of hydrogen-bond acceptors (Lipinski definition) is 4. The summed E-state index contributed by atoms with van der Waals surface area (Å²) in [6.45, 7) is 1.94. The molecule has 2 aromatic rings. The van der Waals surface area contributed by atoms with Crippen molar-refractivity contribution in [2.75, 3.05) is 0 Å². The zero-order valence-corrected chi connectivity index (χ0v) is 7.76. The van der Waals surface area contributed by atoms with Crippen LogP contribution in [0.1, 0.15) is 5.56 Å². The highest BCUT2D eigenvalue weighted by Gasteiger charge is 2.05. The predicted molar refractivity (Wildman–Crippen MR) is 50.7 cm³/mol. The lowest BCUT2D eigenvalue weighted by molar-refractivity contribution is 1.06. The molecule has 0 bridgehead atoms. The van der Waals surface area contributed by atoms with Crippen molar-refractivity contribution in [2.45, 2.75) is 6.92 Å². The molecule has 5 heteroatoms. The molecule has 2 rings (SSSR count). The second kappa shape index (κ2) is 3.10. The van der Waals surface area contributed by atoms with E-state index in [9.17, 15) is 4.79 Å². The highest BCUT2D eigenvalue weighted by Crippen LogP contribution is 2.20. The van der Waals surface area contributed by atoms with E-state index in [-0.39, 0.29) is 4.87 Å². The number of rotatable bonds is 1. The van der Waals surface area contributed by atoms with E-state index < -0.39 is 0 Å². The minimum atomic E-state index is -0.133. The first-order valence-electron chi connectivity index (χ1n) is 3.74. The fourth-order valence-corrected chi connectivity index (χ4v) is 1.76. The van der Waals surface area contributed by atoms with Gasteiger partial charge in [-0.05, 0) is 18.6 Å². The molecule has 0 saturated heterocycles. The molecule has 0 aliphatic rings. The zero-order chi connectivity index (χ0) is 9.26. The Morgan fingerprint density at radius 3 is 3.00 bits per heavy atom. The van der Waals surface area contributed by atoms with Crippen LogP contribution in [0.4, 0.5) is 0 Å². The number of aryl methyl sites for hydroxylation is 1. The topological polar surface area (TPSA) is 58.6 Å². The SMILES string of the molecule is Cc1cnccc1-c1n[nH]c(=O)s1. The van der Waals surface area contributed by atoms with Crippen LogP contribution in [-0.4, -0.2) is 15.2 Å². The van der Waals surface area contributed by atoms with Crippen LogP contribution in [0.3, 0.4) is 0 Å². The number of nitrogens with one attached hydrogen (secondary N) is 1. The van der Waals surface area contributed by atoms with Gasteiger partial charge in [0.15, 0.2) is 0 Å². The van der Waals surface area contributed by atoms with E-state index in [0.29, 0.717) is 5.01 Å². The van der Waals surface area contributed by atoms with E-state index in [2.05, 4.69) is 15.2 Å². The molecule has 2 aromatic heterocycles. The van der Waals surface area contributed by atoms with Crippen molar-refractivity contribution in [1.82, 2.24) is 15.2 Å². The van der Waals surface area contributed by atoms with Gasteiger partial charge in [0.1, 0.15) is 5.01 Å². The fourth-order valence-electron chi connectivity index (χ4n) is 1.06. The van der Waals surface area contributed by atoms with Crippen molar-refractivity contribution in [3.63, 3.8) is 0 Å². The first-order valence-corrected chi connectivity index (χ1v) is 4.55. The molecular formula is C8H7N3OS. The third-order valence-corrected chi connectivity index (χ3v) is 2.47. The van der Waals surface area contributed by atoms with Crippen molar-refractivity contribution >= 4 is 11.3 Å². The molecule has 0 aliphatic carbocycles. The van der Waals surface area contributed by atoms with Crippen molar-refractivity contribution in [3.8, 4) is 10.6 Å². The molecule has 0 radical (unpaired) electrons. The quantitative estimate of drug-likeness (QED) is 0.740. The molecule has 0 saturated carbocycles. The van der Waals surface area contributed by atoms with Crippen LogP contribution in [0, 0.1) is 6.92 Å². The maximum absolute atomic E-state index is 10.9. The molecule has 66 valence electrons. The summed E-state index contributed by atoms with van der Waals surface area (Å²) in [6, 6.07) is 1.85. The van der Waals surface area contributed by atoms with Gasteiger partial charge in [-0.25, -0.2) is 5.10 Å². The van der Waals surface area contributed by atoms with Crippen molar-refractivity contribution in [1.29, 1.82) is 0 Å². The van der Waals surface area contributed by atoms with Gasteiger partial charge in [0.05, 0.1) is 0 Å². The normalized spacial score (nSPS) is 10.2. The molecule has 4 nitrogen and oxygen atoms in total. The van der Waals surface area contributed by atoms with Gasteiger partial charge in [0.25, 0.3) is 0 Å². The highest BCUT2D eigenvalue weighted by molar-refractivity contribution is 7.12. The van der Waals surface area contributed by atoms with Gasteiger partial charge in [0, 0.05) is 18.0 Å². The van der Waals surface area contributed by atoms with Crippen LogP contribution in [0.15, 0.2) is 23.3 Å². The average Bonchev–Trinajstić information content (AvgIpc) is 2.53. The van der Waals surface area contributed by atoms with Gasteiger partial charge in [-0.2, -0.15) is 5.10 Å².